The molecule has 0 saturated heterocycles. The highest BCUT2D eigenvalue weighted by atomic mass is 79.9. The number of alkyl halides is 1. The highest BCUT2D eigenvalue weighted by Crippen LogP contribution is 2.33. The van der Waals surface area contributed by atoms with E-state index in [0.717, 1.165) is 149 Å². The minimum atomic E-state index is 0.234. The van der Waals surface area contributed by atoms with Crippen LogP contribution < -0.4 is 52.1 Å². The lowest BCUT2D eigenvalue weighted by atomic mass is 10.1. The molecule has 0 aromatic heterocycles. The second-order valence-electron chi connectivity index (χ2n) is 25.1. The first-order valence-electron chi connectivity index (χ1n) is 35.3. The number of aryl methyl sites for hydroxylation is 3. The summed E-state index contributed by atoms with van der Waals surface area (Å²) in [5.74, 6) is 8.11. The van der Waals surface area contributed by atoms with Gasteiger partial charge in [-0.15, -0.1) is 0 Å². The van der Waals surface area contributed by atoms with Crippen LogP contribution in [0.4, 0.5) is 0 Å². The van der Waals surface area contributed by atoms with E-state index in [9.17, 15) is 0 Å². The summed E-state index contributed by atoms with van der Waals surface area (Å²) in [4.78, 5) is 0. The Kier molecular flexibility index (Phi) is 34.0. The van der Waals surface area contributed by atoms with Crippen LogP contribution in [0, 0.1) is 20.8 Å². The van der Waals surface area contributed by atoms with Crippen molar-refractivity contribution in [2.75, 3.05) is 33.0 Å². The average Bonchev–Trinajstić information content (AvgIpc) is 1.61. The van der Waals surface area contributed by atoms with Crippen LogP contribution in [0.25, 0.3) is 0 Å². The Labute approximate surface area is 572 Å². The van der Waals surface area contributed by atoms with Crippen LogP contribution in [-0.2, 0) is 45.0 Å². The third kappa shape index (κ3) is 28.8. The molecule has 0 aliphatic rings. The summed E-state index contributed by atoms with van der Waals surface area (Å²) in [6.07, 6.45) is 22.9. The standard InChI is InChI=1S/C82H109BrO11/c1-9-14-19-24-29-84-72-37-62(6)34-66(42-72)56-89-79-47-70(48-80(53-79)90-57-67-35-63(7)38-73(43-67)85-30-25-20-15-10-2)60-92-77-40-65(55-83)41-78(52-77)93-61-71-49-81(91-58-68-36-64(8)39-74(44-68)86-31-26-21-16-11-3)54-82(50-71)94-59-69-45-75(87-32-27-22-17-12-4)51-76(46-69)88-33-28-23-18-13-5/h34-54H,9-33,55-61H2,1-8H3. The van der Waals surface area contributed by atoms with Gasteiger partial charge in [0.25, 0.3) is 0 Å². The van der Waals surface area contributed by atoms with Gasteiger partial charge in [0.15, 0.2) is 0 Å². The quantitative estimate of drug-likeness (QED) is 0.0269. The maximum Gasteiger partial charge on any atom is 0.123 e. The fraction of sp³-hybridized carbons (Fsp3) is 0.488. The smallest absolute Gasteiger partial charge is 0.123 e. The Morgan fingerprint density at radius 3 is 0.585 bits per heavy atom. The maximum atomic E-state index is 6.69. The van der Waals surface area contributed by atoms with Crippen molar-refractivity contribution in [2.45, 2.75) is 229 Å². The number of unbranched alkanes of at least 4 members (excludes halogenated alkanes) is 15. The molecule has 0 saturated carbocycles. The number of rotatable bonds is 49. The minimum Gasteiger partial charge on any atom is -0.494 e. The van der Waals surface area contributed by atoms with E-state index in [-0.39, 0.29) is 13.2 Å². The van der Waals surface area contributed by atoms with E-state index < -0.39 is 0 Å². The molecule has 7 aromatic carbocycles. The Balaban J connectivity index is 1.10. The molecule has 0 fully saturated rings. The van der Waals surface area contributed by atoms with Crippen molar-refractivity contribution in [3.05, 3.63) is 183 Å². The Hall–Kier alpha value is -7.18. The van der Waals surface area contributed by atoms with Crippen molar-refractivity contribution in [3.8, 4) is 63.2 Å². The maximum absolute atomic E-state index is 6.69. The van der Waals surface area contributed by atoms with Crippen molar-refractivity contribution >= 4 is 15.9 Å². The molecule has 0 radical (unpaired) electrons. The zero-order valence-electron chi connectivity index (χ0n) is 58.1. The van der Waals surface area contributed by atoms with E-state index in [1.54, 1.807) is 0 Å². The molecule has 0 atom stereocenters. The molecular weight excluding hydrogens is 1240 g/mol. The number of hydrogen-bond donors (Lipinski definition) is 0. The van der Waals surface area contributed by atoms with Crippen molar-refractivity contribution in [3.63, 3.8) is 0 Å². The van der Waals surface area contributed by atoms with Gasteiger partial charge in [0.05, 0.1) is 33.0 Å². The first-order valence-corrected chi connectivity index (χ1v) is 36.4. The summed E-state index contributed by atoms with van der Waals surface area (Å²) in [7, 11) is 0. The van der Waals surface area contributed by atoms with E-state index >= 15 is 0 Å². The predicted molar refractivity (Wildman–Crippen MR) is 386 cm³/mol. The van der Waals surface area contributed by atoms with Gasteiger partial charge in [-0.05, 0) is 193 Å². The van der Waals surface area contributed by atoms with Crippen LogP contribution in [0.15, 0.2) is 127 Å². The van der Waals surface area contributed by atoms with E-state index in [4.69, 9.17) is 52.1 Å². The van der Waals surface area contributed by atoms with E-state index in [1.165, 1.54) is 64.2 Å². The molecule has 0 unspecified atom stereocenters. The summed E-state index contributed by atoms with van der Waals surface area (Å²) in [6, 6.07) is 43.1. The normalized spacial score (nSPS) is 11.1. The van der Waals surface area contributed by atoms with Crippen molar-refractivity contribution in [1.29, 1.82) is 0 Å². The fourth-order valence-electron chi connectivity index (χ4n) is 11.1. The van der Waals surface area contributed by atoms with E-state index in [2.05, 4.69) is 138 Å². The molecule has 0 bridgehead atoms. The lowest BCUT2D eigenvalue weighted by molar-refractivity contribution is 0.273. The molecule has 7 rings (SSSR count). The van der Waals surface area contributed by atoms with Gasteiger partial charge >= 0.3 is 0 Å². The predicted octanol–water partition coefficient (Wildman–Crippen LogP) is 22.8. The fourth-order valence-corrected chi connectivity index (χ4v) is 11.4. The molecule has 7 aromatic rings. The molecular formula is C82H109BrO11. The molecule has 0 aliphatic heterocycles. The number of ether oxygens (including phenoxy) is 11. The van der Waals surface area contributed by atoms with Crippen LogP contribution in [-0.4, -0.2) is 33.0 Å². The van der Waals surface area contributed by atoms with Gasteiger partial charge in [0.2, 0.25) is 0 Å². The van der Waals surface area contributed by atoms with Crippen molar-refractivity contribution < 1.29 is 52.1 Å². The number of benzene rings is 7. The first kappa shape index (κ1) is 74.2. The Bertz CT molecular complexity index is 3170. The van der Waals surface area contributed by atoms with E-state index in [1.807, 2.05) is 60.7 Å². The van der Waals surface area contributed by atoms with Crippen LogP contribution in [0.2, 0.25) is 0 Å². The zero-order chi connectivity index (χ0) is 66.4. The third-order valence-corrected chi connectivity index (χ3v) is 16.7. The molecule has 0 aliphatic carbocycles. The SMILES string of the molecule is CCCCCCOc1cc(C)cc(COc2cc(COc3cc(CBr)cc(OCc4cc(OCc5cc(C)cc(OCCCCCC)c5)cc(OCc5cc(OCCCCCC)cc(OCCCCCC)c5)c4)c3)cc(OCc3cc(C)cc(OCCCCCC)c3)c2)c1. The van der Waals surface area contributed by atoms with Crippen LogP contribution in [0.3, 0.4) is 0 Å². The molecule has 0 amide bonds. The van der Waals surface area contributed by atoms with Gasteiger partial charge in [0, 0.05) is 29.6 Å². The zero-order valence-corrected chi connectivity index (χ0v) is 59.7. The highest BCUT2D eigenvalue weighted by Gasteiger charge is 2.14. The Morgan fingerprint density at radius 2 is 0.383 bits per heavy atom. The summed E-state index contributed by atoms with van der Waals surface area (Å²) in [6.45, 7) is 22.6. The number of halogens is 1. The molecule has 0 N–H and O–H groups in total. The van der Waals surface area contributed by atoms with Gasteiger partial charge in [-0.25, -0.2) is 0 Å². The van der Waals surface area contributed by atoms with Crippen LogP contribution in [0.1, 0.15) is 219 Å². The topological polar surface area (TPSA) is 102 Å². The molecule has 0 spiro atoms. The van der Waals surface area contributed by atoms with Crippen molar-refractivity contribution in [1.82, 2.24) is 0 Å². The lowest BCUT2D eigenvalue weighted by Gasteiger charge is -2.16. The summed E-state index contributed by atoms with van der Waals surface area (Å²) in [5, 5.41) is 0.597. The molecule has 11 nitrogen and oxygen atoms in total. The second-order valence-corrected chi connectivity index (χ2v) is 25.7. The summed E-state index contributed by atoms with van der Waals surface area (Å²) < 4.78 is 71.1. The van der Waals surface area contributed by atoms with Gasteiger partial charge in [-0.2, -0.15) is 0 Å². The lowest BCUT2D eigenvalue weighted by Crippen LogP contribution is -2.04. The Morgan fingerprint density at radius 1 is 0.202 bits per heavy atom. The third-order valence-electron chi connectivity index (χ3n) is 16.0. The van der Waals surface area contributed by atoms with Gasteiger partial charge in [-0.3, -0.25) is 0 Å². The molecule has 0 heterocycles. The average molecular weight is 1350 g/mol. The molecule has 12 heteroatoms. The summed E-state index contributed by atoms with van der Waals surface area (Å²) >= 11 is 3.73. The monoisotopic (exact) mass is 1350 g/mol. The first-order chi connectivity index (χ1) is 46.0. The molecule has 94 heavy (non-hydrogen) atoms. The number of hydrogen-bond acceptors (Lipinski definition) is 11. The van der Waals surface area contributed by atoms with Gasteiger partial charge < -0.3 is 52.1 Å². The largest absolute Gasteiger partial charge is 0.494 e. The molecule has 510 valence electrons. The van der Waals surface area contributed by atoms with Crippen molar-refractivity contribution in [2.24, 2.45) is 0 Å². The van der Waals surface area contributed by atoms with Crippen LogP contribution in [0.5, 0.6) is 63.2 Å². The highest BCUT2D eigenvalue weighted by molar-refractivity contribution is 9.08. The van der Waals surface area contributed by atoms with Gasteiger partial charge in [0.1, 0.15) is 103 Å². The van der Waals surface area contributed by atoms with Crippen LogP contribution >= 0.6 is 15.9 Å². The van der Waals surface area contributed by atoms with E-state index in [0.29, 0.717) is 99.3 Å². The second kappa shape index (κ2) is 43.0. The van der Waals surface area contributed by atoms with Gasteiger partial charge in [-0.1, -0.05) is 165 Å². The summed E-state index contributed by atoms with van der Waals surface area (Å²) in [5.41, 5.74) is 10.1. The minimum absolute atomic E-state index is 0.234.